The third-order valence-corrected chi connectivity index (χ3v) is 8.80. The number of ether oxygens (including phenoxy) is 1. The highest BCUT2D eigenvalue weighted by Gasteiger charge is 2.31. The van der Waals surface area contributed by atoms with Crippen LogP contribution in [0.4, 0.5) is 5.69 Å². The molecule has 0 spiro atoms. The molecule has 1 aromatic heterocycles. The van der Waals surface area contributed by atoms with Crippen molar-refractivity contribution in [1.29, 1.82) is 0 Å². The fourth-order valence-electron chi connectivity index (χ4n) is 4.79. The van der Waals surface area contributed by atoms with Crippen LogP contribution in [-0.2, 0) is 27.7 Å². The van der Waals surface area contributed by atoms with Gasteiger partial charge in [-0.05, 0) is 60.4 Å². The average molecular weight is 608 g/mol. The van der Waals surface area contributed by atoms with E-state index in [0.29, 0.717) is 22.4 Å². The minimum atomic E-state index is -3.99. The first-order chi connectivity index (χ1) is 20.5. The summed E-state index contributed by atoms with van der Waals surface area (Å²) in [5, 5.41) is 14.9. The Morgan fingerprint density at radius 2 is 1.72 bits per heavy atom. The van der Waals surface area contributed by atoms with Gasteiger partial charge in [0.15, 0.2) is 0 Å². The molecule has 0 fully saturated rings. The number of nitrogens with one attached hydrogen (secondary N) is 1. The van der Waals surface area contributed by atoms with Crippen LogP contribution in [0.3, 0.4) is 0 Å². The first kappa shape index (κ1) is 31.7. The van der Waals surface area contributed by atoms with Gasteiger partial charge in [-0.25, -0.2) is 13.2 Å². The first-order valence-electron chi connectivity index (χ1n) is 13.9. The number of benzene rings is 3. The number of rotatable bonds is 13. The van der Waals surface area contributed by atoms with Gasteiger partial charge in [0.1, 0.15) is 11.3 Å². The highest BCUT2D eigenvalue weighted by Crippen LogP contribution is 2.22. The van der Waals surface area contributed by atoms with Crippen LogP contribution < -0.4 is 21.4 Å². The number of carbonyl (C=O) groups is 1. The summed E-state index contributed by atoms with van der Waals surface area (Å²) in [7, 11) is -2.49. The number of nitrogen functional groups attached to an aromatic ring is 1. The summed E-state index contributed by atoms with van der Waals surface area (Å²) < 4.78 is 39.0. The van der Waals surface area contributed by atoms with E-state index in [-0.39, 0.29) is 42.3 Å². The zero-order valence-corrected chi connectivity index (χ0v) is 25.2. The second-order valence-corrected chi connectivity index (χ2v) is 12.8. The van der Waals surface area contributed by atoms with Crippen molar-refractivity contribution in [3.8, 4) is 5.75 Å². The molecule has 4 aromatic rings. The molecule has 43 heavy (non-hydrogen) atoms. The number of carbonyl (C=O) groups excluding carboxylic acids is 1. The molecule has 4 rings (SSSR count). The van der Waals surface area contributed by atoms with Crippen LogP contribution in [0.2, 0.25) is 0 Å². The molecule has 3 aromatic carbocycles. The molecule has 0 bridgehead atoms. The number of nitrogens with two attached hydrogens (primary N) is 1. The summed E-state index contributed by atoms with van der Waals surface area (Å²) in [5.41, 5.74) is 6.85. The highest BCUT2D eigenvalue weighted by atomic mass is 32.2. The van der Waals surface area contributed by atoms with Gasteiger partial charge < -0.3 is 25.3 Å². The van der Waals surface area contributed by atoms with E-state index in [9.17, 15) is 23.1 Å². The predicted octanol–water partition coefficient (Wildman–Crippen LogP) is 3.36. The second-order valence-electron chi connectivity index (χ2n) is 10.9. The van der Waals surface area contributed by atoms with Gasteiger partial charge in [-0.15, -0.1) is 0 Å². The van der Waals surface area contributed by atoms with Crippen LogP contribution in [0.1, 0.15) is 25.0 Å². The summed E-state index contributed by atoms with van der Waals surface area (Å²) in [6, 6.07) is 20.9. The van der Waals surface area contributed by atoms with E-state index in [0.717, 1.165) is 5.56 Å². The molecular formula is C32H37N3O7S. The molecule has 0 aliphatic rings. The number of amides is 1. The number of aliphatic hydroxyl groups excluding tert-OH is 1. The van der Waals surface area contributed by atoms with Gasteiger partial charge >= 0.3 is 5.63 Å². The Labute approximate surface area is 251 Å². The highest BCUT2D eigenvalue weighted by molar-refractivity contribution is 7.89. The number of fused-ring (bicyclic) bond motifs is 1. The molecule has 10 nitrogen and oxygen atoms in total. The third kappa shape index (κ3) is 8.22. The monoisotopic (exact) mass is 607 g/mol. The van der Waals surface area contributed by atoms with Gasteiger partial charge in [-0.3, -0.25) is 4.79 Å². The lowest BCUT2D eigenvalue weighted by Gasteiger charge is -2.30. The van der Waals surface area contributed by atoms with Crippen molar-refractivity contribution >= 4 is 32.6 Å². The molecule has 0 unspecified atom stereocenters. The molecule has 228 valence electrons. The fraction of sp³-hybridized carbons (Fsp3) is 0.312. The van der Waals surface area contributed by atoms with Gasteiger partial charge in [0, 0.05) is 35.8 Å². The lowest BCUT2D eigenvalue weighted by atomic mass is 10.00. The summed E-state index contributed by atoms with van der Waals surface area (Å²) in [5.74, 6) is -0.0371. The maximum Gasteiger partial charge on any atom is 0.339 e. The molecule has 0 saturated heterocycles. The standard InChI is InChI=1S/C32H37N3O7S/c1-21(2)19-35(43(39,40)27-13-11-26(41-3)12-14-27)20-29(36)28(15-22-7-5-4-6-8-22)34-31(37)17-24-16-23-9-10-25(33)18-30(23)42-32(24)38/h4-14,16,18,21,28-29,36H,15,17,19-20,33H2,1-3H3,(H,34,37)/t28-,29+/m0/s1. The van der Waals surface area contributed by atoms with Crippen molar-refractivity contribution in [3.63, 3.8) is 0 Å². The van der Waals surface area contributed by atoms with Gasteiger partial charge in [-0.1, -0.05) is 44.2 Å². The van der Waals surface area contributed by atoms with E-state index in [4.69, 9.17) is 14.9 Å². The van der Waals surface area contributed by atoms with Crippen LogP contribution >= 0.6 is 0 Å². The molecular weight excluding hydrogens is 570 g/mol. The molecule has 2 atom stereocenters. The Kier molecular flexibility index (Phi) is 10.2. The zero-order valence-electron chi connectivity index (χ0n) is 24.4. The Morgan fingerprint density at radius 3 is 2.37 bits per heavy atom. The predicted molar refractivity (Wildman–Crippen MR) is 165 cm³/mol. The van der Waals surface area contributed by atoms with Crippen molar-refractivity contribution in [2.24, 2.45) is 5.92 Å². The molecule has 0 radical (unpaired) electrons. The Hall–Kier alpha value is -4.19. The number of hydrogen-bond acceptors (Lipinski definition) is 8. The van der Waals surface area contributed by atoms with Crippen LogP contribution in [-0.4, -0.2) is 56.1 Å². The molecule has 11 heteroatoms. The quantitative estimate of drug-likeness (QED) is 0.155. The summed E-state index contributed by atoms with van der Waals surface area (Å²) in [6.07, 6.45) is -1.33. The SMILES string of the molecule is COc1ccc(S(=O)(=O)N(CC(C)C)C[C@@H](O)[C@H](Cc2ccccc2)NC(=O)Cc2cc3ccc(N)cc3oc2=O)cc1. The average Bonchev–Trinajstić information content (AvgIpc) is 2.97. The van der Waals surface area contributed by atoms with E-state index in [2.05, 4.69) is 5.32 Å². The van der Waals surface area contributed by atoms with E-state index < -0.39 is 33.7 Å². The van der Waals surface area contributed by atoms with Gasteiger partial charge in [-0.2, -0.15) is 4.31 Å². The number of sulfonamides is 1. The van der Waals surface area contributed by atoms with Crippen LogP contribution in [0.25, 0.3) is 11.0 Å². The number of aliphatic hydroxyl groups is 1. The second kappa shape index (κ2) is 13.9. The minimum absolute atomic E-state index is 0.0372. The normalized spacial score (nSPS) is 13.3. The molecule has 0 aliphatic heterocycles. The largest absolute Gasteiger partial charge is 0.497 e. The van der Waals surface area contributed by atoms with Crippen LogP contribution in [0.5, 0.6) is 5.75 Å². The van der Waals surface area contributed by atoms with Crippen molar-refractivity contribution in [1.82, 2.24) is 9.62 Å². The molecule has 1 amide bonds. The Balaban J connectivity index is 1.58. The smallest absolute Gasteiger partial charge is 0.339 e. The zero-order chi connectivity index (χ0) is 31.1. The van der Waals surface area contributed by atoms with Gasteiger partial charge in [0.2, 0.25) is 15.9 Å². The van der Waals surface area contributed by atoms with E-state index in [1.165, 1.54) is 29.6 Å². The number of nitrogens with zero attached hydrogens (tertiary/aromatic N) is 1. The Morgan fingerprint density at radius 1 is 1.02 bits per heavy atom. The number of methoxy groups -OCH3 is 1. The summed E-state index contributed by atoms with van der Waals surface area (Å²) in [6.45, 7) is 3.66. The first-order valence-corrected chi connectivity index (χ1v) is 15.4. The summed E-state index contributed by atoms with van der Waals surface area (Å²) in [4.78, 5) is 25.9. The van der Waals surface area contributed by atoms with Crippen molar-refractivity contribution in [2.45, 2.75) is 43.7 Å². The Bertz CT molecular complexity index is 1710. The van der Waals surface area contributed by atoms with E-state index in [1.807, 2.05) is 44.2 Å². The maximum absolute atomic E-state index is 13.6. The topological polar surface area (TPSA) is 152 Å². The molecule has 4 N–H and O–H groups in total. The summed E-state index contributed by atoms with van der Waals surface area (Å²) >= 11 is 0. The van der Waals surface area contributed by atoms with Crippen LogP contribution in [0.15, 0.2) is 93.0 Å². The van der Waals surface area contributed by atoms with Crippen LogP contribution in [0, 0.1) is 5.92 Å². The fourth-order valence-corrected chi connectivity index (χ4v) is 6.41. The van der Waals surface area contributed by atoms with Gasteiger partial charge in [0.05, 0.1) is 30.6 Å². The maximum atomic E-state index is 13.6. The van der Waals surface area contributed by atoms with E-state index in [1.54, 1.807) is 30.3 Å². The number of anilines is 1. The van der Waals surface area contributed by atoms with E-state index >= 15 is 0 Å². The lowest BCUT2D eigenvalue weighted by molar-refractivity contribution is -0.122. The van der Waals surface area contributed by atoms with Crippen molar-refractivity contribution in [2.75, 3.05) is 25.9 Å². The number of hydrogen-bond donors (Lipinski definition) is 3. The molecule has 0 aliphatic carbocycles. The minimum Gasteiger partial charge on any atom is -0.497 e. The van der Waals surface area contributed by atoms with Gasteiger partial charge in [0.25, 0.3) is 0 Å². The molecule has 1 heterocycles. The lowest BCUT2D eigenvalue weighted by Crippen LogP contribution is -2.51. The van der Waals surface area contributed by atoms with Crippen molar-refractivity contribution in [3.05, 3.63) is 100 Å². The third-order valence-electron chi connectivity index (χ3n) is 6.95. The molecule has 0 saturated carbocycles. The van der Waals surface area contributed by atoms with Crippen molar-refractivity contribution < 1.29 is 27.5 Å².